The molecule has 1 fully saturated rings. The molecule has 0 N–H and O–H groups in total. The minimum Gasteiger partial charge on any atom is -0.459 e. The number of thioether (sulfide) groups is 1. The van der Waals surface area contributed by atoms with Crippen molar-refractivity contribution in [3.8, 4) is 0 Å². The number of ether oxygens (including phenoxy) is 3. The van der Waals surface area contributed by atoms with Gasteiger partial charge in [0.05, 0.1) is 26.5 Å². The lowest BCUT2D eigenvalue weighted by Crippen LogP contribution is -2.48. The van der Waals surface area contributed by atoms with E-state index in [1.165, 1.54) is 65.2 Å². The molecule has 0 aliphatic carbocycles. The number of nitro groups is 2. The predicted molar refractivity (Wildman–Crippen MR) is 161 cm³/mol. The first-order chi connectivity index (χ1) is 22.1. The molecule has 0 aromatic heterocycles. The summed E-state index contributed by atoms with van der Waals surface area (Å²) in [4.78, 5) is 74.6. The summed E-state index contributed by atoms with van der Waals surface area (Å²) in [6.07, 6.45) is -0.690. The minimum atomic E-state index is -0.874. The number of anilines is 1. The lowest BCUT2D eigenvalue weighted by atomic mass is 10.1. The third-order valence-electron chi connectivity index (χ3n) is 6.85. The number of nitro benzene ring substituents is 2. The van der Waals surface area contributed by atoms with Gasteiger partial charge in [0.15, 0.2) is 0 Å². The molecule has 0 spiro atoms. The van der Waals surface area contributed by atoms with E-state index in [0.717, 1.165) is 4.90 Å². The molecule has 2 heterocycles. The number of hydrogen-bond acceptors (Lipinski definition) is 12. The Kier molecular flexibility index (Phi) is 9.56. The number of carbonyl (C=O) groups excluding carboxylic acids is 4. The zero-order valence-electron chi connectivity index (χ0n) is 23.8. The van der Waals surface area contributed by atoms with E-state index in [4.69, 9.17) is 14.2 Å². The molecule has 0 radical (unpaired) electrons. The number of non-ortho nitro benzene ring substituents is 2. The number of nitrogens with zero attached hydrogens (tertiary/aromatic N) is 4. The maximum atomic E-state index is 13.0. The second-order valence-corrected chi connectivity index (χ2v) is 11.1. The molecule has 3 aromatic rings. The zero-order chi connectivity index (χ0) is 32.8. The van der Waals surface area contributed by atoms with Crippen molar-refractivity contribution in [2.45, 2.75) is 25.0 Å². The fraction of sp³-hybridized carbons (Fsp3) is 0.200. The molecule has 2 aliphatic heterocycles. The van der Waals surface area contributed by atoms with Crippen molar-refractivity contribution < 1.29 is 43.2 Å². The predicted octanol–water partition coefficient (Wildman–Crippen LogP) is 4.45. The second-order valence-electron chi connectivity index (χ2n) is 9.87. The van der Waals surface area contributed by atoms with Crippen LogP contribution in [0.1, 0.15) is 17.5 Å². The summed E-state index contributed by atoms with van der Waals surface area (Å²) in [5, 5.41) is 21.4. The first-order valence-electron chi connectivity index (χ1n) is 13.6. The van der Waals surface area contributed by atoms with Gasteiger partial charge in [0.2, 0.25) is 5.91 Å². The third kappa shape index (κ3) is 7.29. The van der Waals surface area contributed by atoms with Gasteiger partial charge in [-0.25, -0.2) is 9.59 Å². The van der Waals surface area contributed by atoms with Gasteiger partial charge in [-0.05, 0) is 47.5 Å². The summed E-state index contributed by atoms with van der Waals surface area (Å²) >= 11 is 1.18. The van der Waals surface area contributed by atoms with Crippen LogP contribution in [0, 0.1) is 20.2 Å². The Hall–Kier alpha value is -5.77. The highest BCUT2D eigenvalue weighted by Crippen LogP contribution is 2.46. The largest absolute Gasteiger partial charge is 0.459 e. The van der Waals surface area contributed by atoms with Crippen LogP contribution in [0.15, 0.2) is 89.5 Å². The van der Waals surface area contributed by atoms with E-state index in [1.807, 2.05) is 0 Å². The monoisotopic (exact) mass is 648 g/mol. The molecule has 236 valence electrons. The molecule has 0 bridgehead atoms. The molecule has 0 saturated carbocycles. The van der Waals surface area contributed by atoms with E-state index in [9.17, 15) is 39.4 Å². The highest BCUT2D eigenvalue weighted by Gasteiger charge is 2.49. The quantitative estimate of drug-likeness (QED) is 0.0883. The standard InChI is InChI=1S/C30H24N4O11S/c35-25-14-26-32(25)28(29(37)44-16-19-6-10-22(11-7-19)33(39)40)24(46-26)18-43-27(36)15-31(21-4-2-1-3-5-21)30(38)45-17-20-8-12-23(13-9-20)34(41)42/h1-13,26H,14-18H2/t26-/m1/s1. The van der Waals surface area contributed by atoms with Crippen molar-refractivity contribution in [3.05, 3.63) is 121 Å². The average molecular weight is 649 g/mol. The van der Waals surface area contributed by atoms with Gasteiger partial charge < -0.3 is 14.2 Å². The summed E-state index contributed by atoms with van der Waals surface area (Å²) in [7, 11) is 0. The molecular formula is C30H24N4O11S. The maximum absolute atomic E-state index is 13.0. The molecule has 5 rings (SSSR count). The van der Waals surface area contributed by atoms with Crippen LogP contribution in [0.4, 0.5) is 21.9 Å². The molecule has 15 nitrogen and oxygen atoms in total. The van der Waals surface area contributed by atoms with Crippen molar-refractivity contribution in [2.24, 2.45) is 0 Å². The van der Waals surface area contributed by atoms with E-state index in [1.54, 1.807) is 30.3 Å². The van der Waals surface area contributed by atoms with Crippen LogP contribution in [-0.2, 0) is 41.8 Å². The summed E-state index contributed by atoms with van der Waals surface area (Å²) in [6.45, 7) is -1.34. The third-order valence-corrected chi connectivity index (χ3v) is 8.09. The summed E-state index contributed by atoms with van der Waals surface area (Å²) in [5.41, 5.74) is 1.04. The number of esters is 2. The van der Waals surface area contributed by atoms with Crippen LogP contribution < -0.4 is 4.90 Å². The van der Waals surface area contributed by atoms with Gasteiger partial charge in [-0.3, -0.25) is 39.6 Å². The van der Waals surface area contributed by atoms with Crippen LogP contribution >= 0.6 is 11.8 Å². The van der Waals surface area contributed by atoms with Gasteiger partial charge in [-0.2, -0.15) is 0 Å². The summed E-state index contributed by atoms with van der Waals surface area (Å²) < 4.78 is 16.2. The highest BCUT2D eigenvalue weighted by atomic mass is 32.2. The smallest absolute Gasteiger partial charge is 0.415 e. The molecule has 3 aromatic carbocycles. The van der Waals surface area contributed by atoms with Gasteiger partial charge in [-0.15, -0.1) is 0 Å². The van der Waals surface area contributed by atoms with E-state index in [0.29, 0.717) is 21.7 Å². The van der Waals surface area contributed by atoms with Gasteiger partial charge in [0.25, 0.3) is 11.4 Å². The van der Waals surface area contributed by atoms with Crippen molar-refractivity contribution in [1.82, 2.24) is 4.90 Å². The fourth-order valence-corrected chi connectivity index (χ4v) is 5.78. The zero-order valence-corrected chi connectivity index (χ0v) is 24.6. The van der Waals surface area contributed by atoms with Crippen LogP contribution in [0.5, 0.6) is 0 Å². The maximum Gasteiger partial charge on any atom is 0.415 e. The van der Waals surface area contributed by atoms with Crippen LogP contribution in [0.3, 0.4) is 0 Å². The van der Waals surface area contributed by atoms with Crippen LogP contribution in [0.25, 0.3) is 0 Å². The van der Waals surface area contributed by atoms with E-state index >= 15 is 0 Å². The molecule has 2 aliphatic rings. The lowest BCUT2D eigenvalue weighted by molar-refractivity contribution is -0.385. The lowest BCUT2D eigenvalue weighted by Gasteiger charge is -2.34. The molecule has 1 atom stereocenters. The summed E-state index contributed by atoms with van der Waals surface area (Å²) in [6, 6.07) is 19.1. The molecule has 16 heteroatoms. The fourth-order valence-electron chi connectivity index (χ4n) is 4.48. The number of fused-ring (bicyclic) bond motifs is 1. The molecule has 2 amide bonds. The normalized spacial score (nSPS) is 15.0. The number of amides is 2. The Morgan fingerprint density at radius 2 is 1.37 bits per heavy atom. The first-order valence-corrected chi connectivity index (χ1v) is 14.5. The van der Waals surface area contributed by atoms with E-state index < -0.39 is 34.4 Å². The van der Waals surface area contributed by atoms with Crippen molar-refractivity contribution in [1.29, 1.82) is 0 Å². The van der Waals surface area contributed by atoms with Crippen LogP contribution in [0.2, 0.25) is 0 Å². The highest BCUT2D eigenvalue weighted by molar-refractivity contribution is 8.04. The Balaban J connectivity index is 1.22. The first kappa shape index (κ1) is 31.6. The molecule has 0 unspecified atom stereocenters. The molecular weight excluding hydrogens is 624 g/mol. The van der Waals surface area contributed by atoms with Gasteiger partial charge in [0.1, 0.15) is 32.1 Å². The minimum absolute atomic E-state index is 0.0524. The van der Waals surface area contributed by atoms with E-state index in [2.05, 4.69) is 0 Å². The number of benzene rings is 3. The topological polar surface area (TPSA) is 189 Å². The molecule has 1 saturated heterocycles. The average Bonchev–Trinajstić information content (AvgIpc) is 3.36. The van der Waals surface area contributed by atoms with Crippen LogP contribution in [-0.4, -0.2) is 57.2 Å². The van der Waals surface area contributed by atoms with Crippen molar-refractivity contribution in [2.75, 3.05) is 18.1 Å². The number of hydrogen-bond donors (Lipinski definition) is 0. The summed E-state index contributed by atoms with van der Waals surface area (Å²) in [5.74, 6) is -1.95. The Labute approximate surface area is 264 Å². The number of β-lactam (4-membered cyclic amide) rings is 1. The second kappa shape index (κ2) is 13.9. The molecule has 46 heavy (non-hydrogen) atoms. The number of rotatable bonds is 12. The van der Waals surface area contributed by atoms with Gasteiger partial charge >= 0.3 is 18.0 Å². The van der Waals surface area contributed by atoms with Gasteiger partial charge in [0, 0.05) is 30.0 Å². The SMILES string of the molecule is O=C(CN(C(=O)OCc1ccc([N+](=O)[O-])cc1)c1ccccc1)OCC1=C(C(=O)OCc2ccc([N+](=O)[O-])cc2)N2C(=O)C[C@H]2S1. The number of para-hydroxylation sites is 1. The van der Waals surface area contributed by atoms with E-state index in [-0.39, 0.29) is 54.6 Å². The number of carbonyl (C=O) groups is 4. The van der Waals surface area contributed by atoms with Gasteiger partial charge in [-0.1, -0.05) is 30.0 Å². The Morgan fingerprint density at radius 3 is 1.91 bits per heavy atom. The Bertz CT molecular complexity index is 1710. The Morgan fingerprint density at radius 1 is 0.804 bits per heavy atom. The van der Waals surface area contributed by atoms with Crippen molar-refractivity contribution >= 4 is 52.8 Å². The van der Waals surface area contributed by atoms with Crippen molar-refractivity contribution in [3.63, 3.8) is 0 Å².